The molecule has 0 atom stereocenters. The minimum absolute atomic E-state index is 0.228. The molecule has 0 aliphatic carbocycles. The first kappa shape index (κ1) is 22.6. The van der Waals surface area contributed by atoms with Crippen molar-refractivity contribution < 1.29 is 19.0 Å². The van der Waals surface area contributed by atoms with Crippen molar-refractivity contribution in [1.29, 1.82) is 0 Å². The van der Waals surface area contributed by atoms with Crippen LogP contribution in [-0.2, 0) is 4.74 Å². The van der Waals surface area contributed by atoms with Crippen molar-refractivity contribution in [1.82, 2.24) is 5.32 Å². The Morgan fingerprint density at radius 2 is 1.52 bits per heavy atom. The molecule has 1 amide bonds. The van der Waals surface area contributed by atoms with Gasteiger partial charge in [0.1, 0.15) is 18.1 Å². The first-order chi connectivity index (χ1) is 14.1. The van der Waals surface area contributed by atoms with Gasteiger partial charge in [0.05, 0.1) is 13.2 Å². The molecule has 0 saturated heterocycles. The van der Waals surface area contributed by atoms with Crippen molar-refractivity contribution >= 4 is 28.9 Å². The second-order valence-corrected chi connectivity index (χ2v) is 6.61. The molecule has 0 saturated carbocycles. The predicted octanol–water partition coefficient (Wildman–Crippen LogP) is 4.41. The summed E-state index contributed by atoms with van der Waals surface area (Å²) in [5.74, 6) is 1.20. The summed E-state index contributed by atoms with van der Waals surface area (Å²) in [4.78, 5) is 12.3. The number of thiocarbonyl (C=S) groups is 1. The van der Waals surface area contributed by atoms with Gasteiger partial charge in [-0.1, -0.05) is 13.3 Å². The topological polar surface area (TPSA) is 68.8 Å². The third-order valence-corrected chi connectivity index (χ3v) is 4.13. The predicted molar refractivity (Wildman–Crippen MR) is 119 cm³/mol. The number of hydrogen-bond acceptors (Lipinski definition) is 5. The van der Waals surface area contributed by atoms with E-state index in [1.165, 1.54) is 0 Å². The quantitative estimate of drug-likeness (QED) is 0.418. The Balaban J connectivity index is 1.78. The largest absolute Gasteiger partial charge is 0.494 e. The third kappa shape index (κ3) is 8.50. The molecule has 0 aliphatic heterocycles. The standard InChI is InChI=1S/C22H28N2O4S/c1-3-5-14-27-20-12-8-18(9-13-20)23-22(29)24-21(25)17-6-10-19(11-7-17)28-16-15-26-4-2/h6-13H,3-5,14-16H2,1-2H3,(H2,23,24,25,29). The maximum absolute atomic E-state index is 12.3. The fraction of sp³-hybridized carbons (Fsp3) is 0.364. The van der Waals surface area contributed by atoms with E-state index in [1.54, 1.807) is 24.3 Å². The van der Waals surface area contributed by atoms with E-state index in [1.807, 2.05) is 31.2 Å². The number of hydrogen-bond donors (Lipinski definition) is 2. The minimum Gasteiger partial charge on any atom is -0.494 e. The lowest BCUT2D eigenvalue weighted by Gasteiger charge is -2.11. The van der Waals surface area contributed by atoms with Crippen molar-refractivity contribution in [3.63, 3.8) is 0 Å². The number of carbonyl (C=O) groups is 1. The number of ether oxygens (including phenoxy) is 3. The summed E-state index contributed by atoms with van der Waals surface area (Å²) < 4.78 is 16.4. The van der Waals surface area contributed by atoms with Crippen molar-refractivity contribution in [2.45, 2.75) is 26.7 Å². The first-order valence-corrected chi connectivity index (χ1v) is 10.2. The van der Waals surface area contributed by atoms with Gasteiger partial charge in [0.25, 0.3) is 5.91 Å². The van der Waals surface area contributed by atoms with Crippen LogP contribution in [0.3, 0.4) is 0 Å². The zero-order chi connectivity index (χ0) is 20.9. The van der Waals surface area contributed by atoms with Gasteiger partial charge < -0.3 is 19.5 Å². The van der Waals surface area contributed by atoms with Crippen molar-refractivity contribution in [2.75, 3.05) is 31.7 Å². The summed E-state index contributed by atoms with van der Waals surface area (Å²) in [5.41, 5.74) is 1.27. The summed E-state index contributed by atoms with van der Waals surface area (Å²) in [6.45, 7) is 6.42. The lowest BCUT2D eigenvalue weighted by Crippen LogP contribution is -2.34. The zero-order valence-corrected chi connectivity index (χ0v) is 17.7. The molecule has 29 heavy (non-hydrogen) atoms. The first-order valence-electron chi connectivity index (χ1n) is 9.78. The third-order valence-electron chi connectivity index (χ3n) is 3.92. The highest BCUT2D eigenvalue weighted by Crippen LogP contribution is 2.16. The van der Waals surface area contributed by atoms with Crippen LogP contribution in [0.25, 0.3) is 0 Å². The Morgan fingerprint density at radius 1 is 0.897 bits per heavy atom. The average Bonchev–Trinajstić information content (AvgIpc) is 2.73. The van der Waals surface area contributed by atoms with Gasteiger partial charge in [-0.15, -0.1) is 0 Å². The van der Waals surface area contributed by atoms with Crippen LogP contribution in [0.2, 0.25) is 0 Å². The Bertz CT molecular complexity index is 763. The summed E-state index contributed by atoms with van der Waals surface area (Å²) >= 11 is 5.23. The summed E-state index contributed by atoms with van der Waals surface area (Å²) in [7, 11) is 0. The highest BCUT2D eigenvalue weighted by molar-refractivity contribution is 7.80. The molecule has 0 spiro atoms. The van der Waals surface area contributed by atoms with Crippen molar-refractivity contribution in [2.24, 2.45) is 0 Å². The monoisotopic (exact) mass is 416 g/mol. The van der Waals surface area contributed by atoms with E-state index in [-0.39, 0.29) is 11.0 Å². The molecule has 6 nitrogen and oxygen atoms in total. The maximum Gasteiger partial charge on any atom is 0.257 e. The molecule has 0 aliphatic rings. The Hall–Kier alpha value is -2.64. The number of anilines is 1. The van der Waals surface area contributed by atoms with Gasteiger partial charge in [-0.2, -0.15) is 0 Å². The molecule has 0 heterocycles. The lowest BCUT2D eigenvalue weighted by atomic mass is 10.2. The van der Waals surface area contributed by atoms with Crippen LogP contribution in [0.5, 0.6) is 11.5 Å². The lowest BCUT2D eigenvalue weighted by molar-refractivity contribution is 0.0977. The Morgan fingerprint density at radius 3 is 2.14 bits per heavy atom. The number of unbranched alkanes of at least 4 members (excludes halogenated alkanes) is 1. The second-order valence-electron chi connectivity index (χ2n) is 6.20. The van der Waals surface area contributed by atoms with Gasteiger partial charge in [-0.05, 0) is 74.1 Å². The fourth-order valence-electron chi connectivity index (χ4n) is 2.37. The van der Waals surface area contributed by atoms with Crippen LogP contribution in [0, 0.1) is 0 Å². The molecule has 2 aromatic rings. The van der Waals surface area contributed by atoms with Gasteiger partial charge >= 0.3 is 0 Å². The molecule has 156 valence electrons. The summed E-state index contributed by atoms with van der Waals surface area (Å²) in [6.07, 6.45) is 2.12. The van der Waals surface area contributed by atoms with Gasteiger partial charge in [0.2, 0.25) is 0 Å². The minimum atomic E-state index is -0.289. The van der Waals surface area contributed by atoms with Crippen LogP contribution in [-0.4, -0.2) is 37.4 Å². The van der Waals surface area contributed by atoms with E-state index in [9.17, 15) is 4.79 Å². The van der Waals surface area contributed by atoms with Crippen LogP contribution < -0.4 is 20.1 Å². The molecular weight excluding hydrogens is 388 g/mol. The van der Waals surface area contributed by atoms with Crippen LogP contribution in [0.15, 0.2) is 48.5 Å². The van der Waals surface area contributed by atoms with E-state index in [0.717, 1.165) is 24.3 Å². The SMILES string of the molecule is CCCCOc1ccc(NC(=S)NC(=O)c2ccc(OCCOCC)cc2)cc1. The number of benzene rings is 2. The van der Waals surface area contributed by atoms with E-state index >= 15 is 0 Å². The maximum atomic E-state index is 12.3. The van der Waals surface area contributed by atoms with Gasteiger partial charge in [-0.25, -0.2) is 0 Å². The molecule has 0 fully saturated rings. The smallest absolute Gasteiger partial charge is 0.257 e. The molecule has 0 aromatic heterocycles. The summed E-state index contributed by atoms with van der Waals surface area (Å²) in [5, 5.41) is 5.89. The number of rotatable bonds is 11. The van der Waals surface area contributed by atoms with E-state index in [2.05, 4.69) is 17.6 Å². The van der Waals surface area contributed by atoms with Gasteiger partial charge in [0, 0.05) is 17.9 Å². The Kier molecular flexibility index (Phi) is 9.95. The van der Waals surface area contributed by atoms with E-state index < -0.39 is 0 Å². The van der Waals surface area contributed by atoms with E-state index in [0.29, 0.717) is 37.7 Å². The molecule has 0 unspecified atom stereocenters. The average molecular weight is 417 g/mol. The van der Waals surface area contributed by atoms with Gasteiger partial charge in [-0.3, -0.25) is 10.1 Å². The van der Waals surface area contributed by atoms with E-state index in [4.69, 9.17) is 26.4 Å². The highest BCUT2D eigenvalue weighted by Gasteiger charge is 2.08. The van der Waals surface area contributed by atoms with Gasteiger partial charge in [0.15, 0.2) is 5.11 Å². The number of carbonyl (C=O) groups excluding carboxylic acids is 1. The van der Waals surface area contributed by atoms with Crippen LogP contribution in [0.1, 0.15) is 37.0 Å². The summed E-state index contributed by atoms with van der Waals surface area (Å²) in [6, 6.07) is 14.3. The van der Waals surface area contributed by atoms with Crippen LogP contribution in [0.4, 0.5) is 5.69 Å². The molecule has 2 aromatic carbocycles. The fourth-order valence-corrected chi connectivity index (χ4v) is 2.58. The molecule has 0 radical (unpaired) electrons. The molecule has 2 rings (SSSR count). The zero-order valence-electron chi connectivity index (χ0n) is 16.9. The molecule has 7 heteroatoms. The number of nitrogens with one attached hydrogen (secondary N) is 2. The Labute approximate surface area is 177 Å². The molecular formula is C22H28N2O4S. The number of amides is 1. The van der Waals surface area contributed by atoms with Crippen LogP contribution >= 0.6 is 12.2 Å². The van der Waals surface area contributed by atoms with Crippen molar-refractivity contribution in [3.8, 4) is 11.5 Å². The second kappa shape index (κ2) is 12.7. The normalized spacial score (nSPS) is 10.3. The molecule has 0 bridgehead atoms. The van der Waals surface area contributed by atoms with Crippen molar-refractivity contribution in [3.05, 3.63) is 54.1 Å². The highest BCUT2D eigenvalue weighted by atomic mass is 32.1. The molecule has 2 N–H and O–H groups in total.